The normalized spacial score (nSPS) is 11.1. The summed E-state index contributed by atoms with van der Waals surface area (Å²) in [6, 6.07) is 14.1. The Kier molecular flexibility index (Phi) is 4.56. The van der Waals surface area contributed by atoms with E-state index < -0.39 is 0 Å². The minimum Gasteiger partial charge on any atom is -0.376 e. The molecule has 6 nitrogen and oxygen atoms in total. The highest BCUT2D eigenvalue weighted by atomic mass is 16.2. The molecule has 0 bridgehead atoms. The van der Waals surface area contributed by atoms with Gasteiger partial charge < -0.3 is 5.32 Å². The Bertz CT molecular complexity index is 897. The Balaban J connectivity index is 1.54. The minimum absolute atomic E-state index is 0.154. The molecular weight excluding hydrogens is 302 g/mol. The van der Waals surface area contributed by atoms with Gasteiger partial charge in [-0.2, -0.15) is 10.2 Å². The smallest absolute Gasteiger partial charge is 0.259 e. The number of amides is 1. The Morgan fingerprint density at radius 3 is 2.79 bits per heavy atom. The molecule has 0 unspecified atom stereocenters. The van der Waals surface area contributed by atoms with Gasteiger partial charge in [0.05, 0.1) is 18.5 Å². The van der Waals surface area contributed by atoms with Crippen molar-refractivity contribution in [3.05, 3.63) is 59.9 Å². The van der Waals surface area contributed by atoms with Gasteiger partial charge in [0.25, 0.3) is 5.91 Å². The monoisotopic (exact) mass is 321 g/mol. The third-order valence-corrected chi connectivity index (χ3v) is 3.65. The van der Waals surface area contributed by atoms with Gasteiger partial charge in [0.2, 0.25) is 0 Å². The van der Waals surface area contributed by atoms with Gasteiger partial charge >= 0.3 is 0 Å². The molecule has 0 saturated carbocycles. The first-order chi connectivity index (χ1) is 11.6. The molecule has 2 aromatic carbocycles. The predicted octanol–water partition coefficient (Wildman–Crippen LogP) is 2.44. The lowest BCUT2D eigenvalue weighted by Gasteiger charge is -2.06. The molecule has 6 heteroatoms. The van der Waals surface area contributed by atoms with E-state index in [1.165, 1.54) is 5.39 Å². The van der Waals surface area contributed by atoms with Gasteiger partial charge in [0.1, 0.15) is 0 Å². The number of rotatable bonds is 5. The van der Waals surface area contributed by atoms with Crippen LogP contribution in [0.15, 0.2) is 53.8 Å². The van der Waals surface area contributed by atoms with E-state index in [1.807, 2.05) is 56.6 Å². The number of fused-ring (bicyclic) bond motifs is 1. The number of nitrogens with one attached hydrogen (secondary N) is 2. The standard InChI is InChI=1S/C18H19N5O/c1-13-16(12-23(2)22-13)10-20-21-18(24)11-19-17-8-7-14-5-3-4-6-15(14)9-17/h3-10,12,19H,11H2,1-2H3,(H,21,24)/b20-10+. The van der Waals surface area contributed by atoms with Crippen LogP contribution in [0.4, 0.5) is 5.69 Å². The molecule has 1 amide bonds. The van der Waals surface area contributed by atoms with Gasteiger partial charge in [0.15, 0.2) is 0 Å². The summed E-state index contributed by atoms with van der Waals surface area (Å²) in [6.45, 7) is 2.05. The zero-order chi connectivity index (χ0) is 16.9. The fraction of sp³-hybridized carbons (Fsp3) is 0.167. The highest BCUT2D eigenvalue weighted by Gasteiger charge is 2.02. The summed E-state index contributed by atoms with van der Waals surface area (Å²) in [7, 11) is 1.84. The minimum atomic E-state index is -0.207. The molecule has 3 rings (SSSR count). The SMILES string of the molecule is Cc1nn(C)cc1/C=N/NC(=O)CNc1ccc2ccccc2c1. The lowest BCUT2D eigenvalue weighted by Crippen LogP contribution is -2.25. The Morgan fingerprint density at radius 2 is 2.04 bits per heavy atom. The molecule has 24 heavy (non-hydrogen) atoms. The first-order valence-corrected chi connectivity index (χ1v) is 7.66. The zero-order valence-electron chi connectivity index (χ0n) is 13.7. The summed E-state index contributed by atoms with van der Waals surface area (Å²) in [4.78, 5) is 11.9. The molecule has 3 aromatic rings. The highest BCUT2D eigenvalue weighted by Crippen LogP contribution is 2.18. The molecule has 0 aliphatic heterocycles. The number of nitrogens with zero attached hydrogens (tertiary/aromatic N) is 3. The average molecular weight is 321 g/mol. The van der Waals surface area contributed by atoms with Crippen LogP contribution in [0.2, 0.25) is 0 Å². The first kappa shape index (κ1) is 15.7. The van der Waals surface area contributed by atoms with Crippen molar-refractivity contribution in [1.29, 1.82) is 0 Å². The number of anilines is 1. The van der Waals surface area contributed by atoms with Crippen LogP contribution < -0.4 is 10.7 Å². The molecule has 0 radical (unpaired) electrons. The number of aromatic nitrogens is 2. The third kappa shape index (κ3) is 3.78. The van der Waals surface area contributed by atoms with Crippen molar-refractivity contribution >= 4 is 28.6 Å². The third-order valence-electron chi connectivity index (χ3n) is 3.65. The quantitative estimate of drug-likeness (QED) is 0.560. The number of aryl methyl sites for hydroxylation is 2. The van der Waals surface area contributed by atoms with E-state index in [1.54, 1.807) is 10.9 Å². The van der Waals surface area contributed by atoms with Gasteiger partial charge in [-0.05, 0) is 29.8 Å². The van der Waals surface area contributed by atoms with Crippen molar-refractivity contribution in [3.63, 3.8) is 0 Å². The topological polar surface area (TPSA) is 71.3 Å². The largest absolute Gasteiger partial charge is 0.376 e. The molecule has 1 heterocycles. The lowest BCUT2D eigenvalue weighted by molar-refractivity contribution is -0.119. The lowest BCUT2D eigenvalue weighted by atomic mass is 10.1. The number of benzene rings is 2. The molecule has 1 aromatic heterocycles. The van der Waals surface area contributed by atoms with Crippen LogP contribution in [0.5, 0.6) is 0 Å². The van der Waals surface area contributed by atoms with Crippen LogP contribution in [-0.2, 0) is 11.8 Å². The van der Waals surface area contributed by atoms with Gasteiger partial charge in [-0.15, -0.1) is 0 Å². The molecule has 0 atom stereocenters. The maximum Gasteiger partial charge on any atom is 0.259 e. The first-order valence-electron chi connectivity index (χ1n) is 7.66. The summed E-state index contributed by atoms with van der Waals surface area (Å²) in [6.07, 6.45) is 3.44. The Hall–Kier alpha value is -3.15. The molecular formula is C18H19N5O. The molecule has 0 aliphatic carbocycles. The van der Waals surface area contributed by atoms with E-state index in [9.17, 15) is 4.79 Å². The van der Waals surface area contributed by atoms with Crippen LogP contribution in [0.25, 0.3) is 10.8 Å². The van der Waals surface area contributed by atoms with Crippen LogP contribution in [0.1, 0.15) is 11.3 Å². The summed E-state index contributed by atoms with van der Waals surface area (Å²) in [5.41, 5.74) is 5.15. The van der Waals surface area contributed by atoms with Gasteiger partial charge in [-0.1, -0.05) is 30.3 Å². The molecule has 0 spiro atoms. The summed E-state index contributed by atoms with van der Waals surface area (Å²) < 4.78 is 1.71. The fourth-order valence-electron chi connectivity index (χ4n) is 2.44. The van der Waals surface area contributed by atoms with Crippen LogP contribution in [0.3, 0.4) is 0 Å². The summed E-state index contributed by atoms with van der Waals surface area (Å²) in [5, 5.41) is 13.6. The summed E-state index contributed by atoms with van der Waals surface area (Å²) >= 11 is 0. The van der Waals surface area contributed by atoms with Gasteiger partial charge in [-0.3, -0.25) is 9.48 Å². The molecule has 122 valence electrons. The second-order valence-electron chi connectivity index (χ2n) is 5.55. The fourth-order valence-corrected chi connectivity index (χ4v) is 2.44. The van der Waals surface area contributed by atoms with Crippen LogP contribution in [-0.4, -0.2) is 28.4 Å². The van der Waals surface area contributed by atoms with E-state index in [2.05, 4.69) is 27.0 Å². The zero-order valence-corrected chi connectivity index (χ0v) is 13.7. The number of carbonyl (C=O) groups excluding carboxylic acids is 1. The maximum absolute atomic E-state index is 11.9. The van der Waals surface area contributed by atoms with Crippen LogP contribution in [0, 0.1) is 6.92 Å². The van der Waals surface area contributed by atoms with E-state index in [4.69, 9.17) is 0 Å². The number of hydrogen-bond donors (Lipinski definition) is 2. The van der Waals surface area contributed by atoms with E-state index in [0.717, 1.165) is 22.3 Å². The van der Waals surface area contributed by atoms with Gasteiger partial charge in [-0.25, -0.2) is 5.43 Å². The van der Waals surface area contributed by atoms with Crippen LogP contribution >= 0.6 is 0 Å². The van der Waals surface area contributed by atoms with Crippen molar-refractivity contribution < 1.29 is 4.79 Å². The van der Waals surface area contributed by atoms with Crippen molar-refractivity contribution in [2.24, 2.45) is 12.1 Å². The van der Waals surface area contributed by atoms with E-state index >= 15 is 0 Å². The van der Waals surface area contributed by atoms with Crippen molar-refractivity contribution in [2.45, 2.75) is 6.92 Å². The number of hydrazone groups is 1. The molecule has 0 fully saturated rings. The Labute approximate surface area is 140 Å². The van der Waals surface area contributed by atoms with Crippen molar-refractivity contribution in [3.8, 4) is 0 Å². The van der Waals surface area contributed by atoms with E-state index in [0.29, 0.717) is 0 Å². The second kappa shape index (κ2) is 6.95. The Morgan fingerprint density at radius 1 is 1.25 bits per heavy atom. The second-order valence-corrected chi connectivity index (χ2v) is 5.55. The number of carbonyl (C=O) groups is 1. The summed E-state index contributed by atoms with van der Waals surface area (Å²) in [5.74, 6) is -0.207. The van der Waals surface area contributed by atoms with Gasteiger partial charge in [0, 0.05) is 24.5 Å². The van der Waals surface area contributed by atoms with Crippen molar-refractivity contribution in [1.82, 2.24) is 15.2 Å². The number of hydrogen-bond acceptors (Lipinski definition) is 4. The molecule has 0 saturated heterocycles. The van der Waals surface area contributed by atoms with E-state index in [-0.39, 0.29) is 12.5 Å². The highest BCUT2D eigenvalue weighted by molar-refractivity contribution is 5.87. The molecule has 2 N–H and O–H groups in total. The predicted molar refractivity (Wildman–Crippen MR) is 96.1 cm³/mol. The molecule has 0 aliphatic rings. The van der Waals surface area contributed by atoms with Crippen molar-refractivity contribution in [2.75, 3.05) is 11.9 Å². The maximum atomic E-state index is 11.9. The average Bonchev–Trinajstić information content (AvgIpc) is 2.90.